The van der Waals surface area contributed by atoms with Crippen molar-refractivity contribution in [2.24, 2.45) is 4.99 Å². The molecule has 0 unspecified atom stereocenters. The van der Waals surface area contributed by atoms with Gasteiger partial charge in [-0.05, 0) is 53.1 Å². The third-order valence-electron chi connectivity index (χ3n) is 7.14. The molecule has 0 saturated heterocycles. The number of hydrogen-bond acceptors (Lipinski definition) is 5. The van der Waals surface area contributed by atoms with E-state index >= 15 is 0 Å². The van der Waals surface area contributed by atoms with Gasteiger partial charge < -0.3 is 19.9 Å². The van der Waals surface area contributed by atoms with Crippen molar-refractivity contribution in [3.8, 4) is 5.75 Å². The van der Waals surface area contributed by atoms with Crippen LogP contribution in [0.1, 0.15) is 34.6 Å². The van der Waals surface area contributed by atoms with Crippen molar-refractivity contribution in [3.05, 3.63) is 136 Å². The Bertz CT molecular complexity index is 1400. The van der Waals surface area contributed by atoms with Crippen LogP contribution < -0.4 is 10.1 Å². The highest BCUT2D eigenvalue weighted by molar-refractivity contribution is 9.10. The fourth-order valence-corrected chi connectivity index (χ4v) is 5.19. The van der Waals surface area contributed by atoms with Crippen LogP contribution in [0.15, 0.2) is 119 Å². The van der Waals surface area contributed by atoms with Gasteiger partial charge in [-0.25, -0.2) is 4.99 Å². The van der Waals surface area contributed by atoms with E-state index in [1.165, 1.54) is 0 Å². The lowest BCUT2D eigenvalue weighted by molar-refractivity contribution is -0.126. The second-order valence-electron chi connectivity index (χ2n) is 10.1. The minimum atomic E-state index is -1.11. The fourth-order valence-electron chi connectivity index (χ4n) is 4.93. The zero-order chi connectivity index (χ0) is 28.5. The number of hydrogen-bond donors (Lipinski definition) is 2. The Balaban J connectivity index is 1.40. The molecule has 0 aliphatic carbocycles. The molecule has 6 nitrogen and oxygen atoms in total. The van der Waals surface area contributed by atoms with Gasteiger partial charge in [0.05, 0.1) is 6.61 Å². The van der Waals surface area contributed by atoms with Crippen LogP contribution in [-0.2, 0) is 16.0 Å². The zero-order valence-corrected chi connectivity index (χ0v) is 24.3. The Labute approximate surface area is 249 Å². The van der Waals surface area contributed by atoms with E-state index in [0.29, 0.717) is 37.6 Å². The van der Waals surface area contributed by atoms with Crippen LogP contribution in [0.25, 0.3) is 0 Å². The highest BCUT2D eigenvalue weighted by Crippen LogP contribution is 2.29. The molecular formula is C34H33BrN2O4. The molecule has 41 heavy (non-hydrogen) atoms. The van der Waals surface area contributed by atoms with Crippen LogP contribution in [0.3, 0.4) is 0 Å². The van der Waals surface area contributed by atoms with Gasteiger partial charge in [0.2, 0.25) is 5.90 Å². The maximum atomic E-state index is 14.0. The Morgan fingerprint density at radius 2 is 1.56 bits per heavy atom. The lowest BCUT2D eigenvalue weighted by Crippen LogP contribution is -2.49. The normalized spacial score (nSPS) is 16.2. The van der Waals surface area contributed by atoms with E-state index in [1.54, 1.807) is 0 Å². The van der Waals surface area contributed by atoms with Crippen molar-refractivity contribution in [1.29, 1.82) is 0 Å². The van der Waals surface area contributed by atoms with Crippen molar-refractivity contribution >= 4 is 27.7 Å². The SMILES string of the molecule is O=C(NCC(c1ccccc1)c1ccccc1)[C@@]1(Cc2ccc(Br)cc2)COC(c2ccc(OCCCO)cc2)=N1. The lowest BCUT2D eigenvalue weighted by atomic mass is 9.89. The molecule has 5 rings (SSSR count). The fraction of sp³-hybridized carbons (Fsp3) is 0.235. The summed E-state index contributed by atoms with van der Waals surface area (Å²) in [4.78, 5) is 19.0. The molecule has 1 aliphatic rings. The molecule has 0 spiro atoms. The zero-order valence-electron chi connectivity index (χ0n) is 22.7. The van der Waals surface area contributed by atoms with Crippen LogP contribution in [-0.4, -0.2) is 48.8 Å². The highest BCUT2D eigenvalue weighted by Gasteiger charge is 2.44. The number of aliphatic imine (C=N–C) groups is 1. The van der Waals surface area contributed by atoms with Gasteiger partial charge in [-0.1, -0.05) is 88.7 Å². The molecule has 7 heteroatoms. The number of nitrogens with zero attached hydrogens (tertiary/aromatic N) is 1. The van der Waals surface area contributed by atoms with Crippen LogP contribution >= 0.6 is 15.9 Å². The Morgan fingerprint density at radius 3 is 2.17 bits per heavy atom. The van der Waals surface area contributed by atoms with Gasteiger partial charge in [0.15, 0.2) is 5.54 Å². The second-order valence-corrected chi connectivity index (χ2v) is 11.0. The summed E-state index contributed by atoms with van der Waals surface area (Å²) in [6.07, 6.45) is 0.972. The Morgan fingerprint density at radius 1 is 0.927 bits per heavy atom. The number of aliphatic hydroxyl groups is 1. The van der Waals surface area contributed by atoms with E-state index in [-0.39, 0.29) is 25.0 Å². The van der Waals surface area contributed by atoms with Crippen molar-refractivity contribution in [3.63, 3.8) is 0 Å². The summed E-state index contributed by atoms with van der Waals surface area (Å²) in [7, 11) is 0. The third kappa shape index (κ3) is 7.23. The molecule has 0 fully saturated rings. The minimum absolute atomic E-state index is 0.00442. The molecule has 1 amide bonds. The summed E-state index contributed by atoms with van der Waals surface area (Å²) in [6.45, 7) is 1.10. The van der Waals surface area contributed by atoms with E-state index in [4.69, 9.17) is 19.6 Å². The molecule has 0 radical (unpaired) electrons. The summed E-state index contributed by atoms with van der Waals surface area (Å²) in [5, 5.41) is 12.2. The van der Waals surface area contributed by atoms with Gasteiger partial charge in [0, 0.05) is 41.9 Å². The molecule has 0 saturated carbocycles. The van der Waals surface area contributed by atoms with Crippen molar-refractivity contribution < 1.29 is 19.4 Å². The van der Waals surface area contributed by atoms with Crippen molar-refractivity contribution in [2.45, 2.75) is 24.3 Å². The molecule has 0 aromatic heterocycles. The number of halogens is 1. The Kier molecular flexibility index (Phi) is 9.49. The monoisotopic (exact) mass is 612 g/mol. The second kappa shape index (κ2) is 13.6. The predicted molar refractivity (Wildman–Crippen MR) is 164 cm³/mol. The van der Waals surface area contributed by atoms with Gasteiger partial charge in [-0.2, -0.15) is 0 Å². The van der Waals surface area contributed by atoms with E-state index in [2.05, 4.69) is 45.5 Å². The maximum absolute atomic E-state index is 14.0. The van der Waals surface area contributed by atoms with Crippen LogP contribution in [0, 0.1) is 0 Å². The van der Waals surface area contributed by atoms with Gasteiger partial charge in [0.25, 0.3) is 5.91 Å². The molecule has 210 valence electrons. The predicted octanol–water partition coefficient (Wildman–Crippen LogP) is 5.92. The molecule has 4 aromatic carbocycles. The number of nitrogens with one attached hydrogen (secondary N) is 1. The summed E-state index contributed by atoms with van der Waals surface area (Å²) in [6, 6.07) is 35.8. The first-order chi connectivity index (χ1) is 20.1. The summed E-state index contributed by atoms with van der Waals surface area (Å²) in [5.74, 6) is 0.959. The number of ether oxygens (including phenoxy) is 2. The topological polar surface area (TPSA) is 80.2 Å². The lowest BCUT2D eigenvalue weighted by Gasteiger charge is -2.26. The van der Waals surface area contributed by atoms with E-state index in [9.17, 15) is 4.79 Å². The molecule has 4 aromatic rings. The number of carbonyl (C=O) groups is 1. The van der Waals surface area contributed by atoms with Crippen molar-refractivity contribution in [1.82, 2.24) is 5.32 Å². The number of benzene rings is 4. The van der Waals surface area contributed by atoms with E-state index in [0.717, 1.165) is 26.7 Å². The summed E-state index contributed by atoms with van der Waals surface area (Å²) in [5.41, 5.74) is 2.92. The quantitative estimate of drug-likeness (QED) is 0.195. The summed E-state index contributed by atoms with van der Waals surface area (Å²) < 4.78 is 12.7. The van der Waals surface area contributed by atoms with E-state index < -0.39 is 5.54 Å². The molecule has 1 atom stereocenters. The first-order valence-corrected chi connectivity index (χ1v) is 14.5. The average Bonchev–Trinajstić information content (AvgIpc) is 3.45. The van der Waals surface area contributed by atoms with Gasteiger partial charge >= 0.3 is 0 Å². The van der Waals surface area contributed by atoms with E-state index in [1.807, 2.05) is 84.9 Å². The molecule has 1 heterocycles. The highest BCUT2D eigenvalue weighted by atomic mass is 79.9. The molecule has 1 aliphatic heterocycles. The first kappa shape index (κ1) is 28.6. The largest absolute Gasteiger partial charge is 0.494 e. The third-order valence-corrected chi connectivity index (χ3v) is 7.67. The average molecular weight is 614 g/mol. The number of carbonyl (C=O) groups excluding carboxylic acids is 1. The first-order valence-electron chi connectivity index (χ1n) is 13.8. The van der Waals surface area contributed by atoms with Crippen LogP contribution in [0.2, 0.25) is 0 Å². The van der Waals surface area contributed by atoms with Crippen LogP contribution in [0.5, 0.6) is 5.75 Å². The smallest absolute Gasteiger partial charge is 0.252 e. The van der Waals surface area contributed by atoms with Gasteiger partial charge in [0.1, 0.15) is 12.4 Å². The minimum Gasteiger partial charge on any atom is -0.494 e. The Hall–Kier alpha value is -3.94. The number of rotatable bonds is 12. The van der Waals surface area contributed by atoms with Crippen molar-refractivity contribution in [2.75, 3.05) is 26.4 Å². The van der Waals surface area contributed by atoms with Gasteiger partial charge in [-0.3, -0.25) is 4.79 Å². The molecule has 2 N–H and O–H groups in total. The van der Waals surface area contributed by atoms with Gasteiger partial charge in [-0.15, -0.1) is 0 Å². The summed E-state index contributed by atoms with van der Waals surface area (Å²) >= 11 is 3.50. The maximum Gasteiger partial charge on any atom is 0.252 e. The number of aliphatic hydroxyl groups excluding tert-OH is 1. The molecule has 0 bridgehead atoms. The number of amides is 1. The van der Waals surface area contributed by atoms with Crippen LogP contribution in [0.4, 0.5) is 0 Å². The molecular weight excluding hydrogens is 580 g/mol. The standard InChI is InChI=1S/C34H33BrN2O4/c35-29-16-12-25(13-17-29)22-34(24-41-32(37-34)28-14-18-30(19-15-28)40-21-7-20-38)33(39)36-23-31(26-8-3-1-4-9-26)27-10-5-2-6-11-27/h1-6,8-19,31,38H,7,20-24H2,(H,36,39)/t34-/m1/s1.